The topological polar surface area (TPSA) is 181 Å². The highest BCUT2D eigenvalue weighted by Crippen LogP contribution is 2.30. The summed E-state index contributed by atoms with van der Waals surface area (Å²) in [5.74, 6) is -0.905. The fourth-order valence-electron chi connectivity index (χ4n) is 8.60. The summed E-state index contributed by atoms with van der Waals surface area (Å²) in [4.78, 5) is 70.7. The number of nitrogens with one attached hydrogen (secondary N) is 3. The van der Waals surface area contributed by atoms with Crippen LogP contribution in [0.1, 0.15) is 73.5 Å². The van der Waals surface area contributed by atoms with E-state index in [2.05, 4.69) is 22.0 Å². The lowest BCUT2D eigenvalue weighted by Crippen LogP contribution is -2.61. The number of benzene rings is 6. The zero-order chi connectivity index (χ0) is 48.0. The second kappa shape index (κ2) is 23.1. The Morgan fingerprint density at radius 2 is 1.26 bits per heavy atom. The third kappa shape index (κ3) is 11.8. The maximum atomic E-state index is 14.0. The summed E-state index contributed by atoms with van der Waals surface area (Å²) in [5.41, 5.74) is 10.5. The van der Waals surface area contributed by atoms with Gasteiger partial charge in [-0.1, -0.05) is 152 Å². The van der Waals surface area contributed by atoms with Crippen LogP contribution in [-0.4, -0.2) is 95.7 Å². The molecule has 2 aliphatic rings. The largest absolute Gasteiger partial charge is 0.354 e. The number of piperazine rings is 2. The summed E-state index contributed by atoms with van der Waals surface area (Å²) in [6, 6.07) is 50.8. The van der Waals surface area contributed by atoms with Gasteiger partial charge in [0.15, 0.2) is 0 Å². The highest BCUT2D eigenvalue weighted by atomic mass is 35.5. The maximum absolute atomic E-state index is 14.0. The standard InChI is InChI=1S/C32H28ClN3O3.C22H25N5O2/c33-27-18-10-17-26(21-27)32(39)36-20-19-35(31(38)25-15-8-3-9-16-25)22-28(36)30(37)34-29(23-11-4-1-5-12-23)24-13-6-2-7-14-24;1-15(16-7-3-2-4-8-16)14-26-21(28)19-20(27(22(24)29)12-11-25-19)18-10-6-5-9-17(18)13-23/h1-18,21,28-29H,19-20,22H2,(H,34,37);2-10,15,19-20,25H,11-12,14H2,1H3,(H2,24,29)(H,26,28). The number of nitriles is 1. The summed E-state index contributed by atoms with van der Waals surface area (Å²) < 4.78 is 0. The molecule has 4 atom stereocenters. The monoisotopic (exact) mass is 928 g/mol. The lowest BCUT2D eigenvalue weighted by Gasteiger charge is -2.41. The van der Waals surface area contributed by atoms with Gasteiger partial charge in [0.2, 0.25) is 11.8 Å². The van der Waals surface area contributed by atoms with Crippen LogP contribution in [0.25, 0.3) is 0 Å². The van der Waals surface area contributed by atoms with Gasteiger partial charge in [-0.05, 0) is 64.6 Å². The van der Waals surface area contributed by atoms with Gasteiger partial charge in [-0.3, -0.25) is 19.2 Å². The Morgan fingerprint density at radius 1 is 0.691 bits per heavy atom. The van der Waals surface area contributed by atoms with Crippen LogP contribution in [0.2, 0.25) is 5.02 Å². The van der Waals surface area contributed by atoms with Gasteiger partial charge in [0, 0.05) is 48.9 Å². The molecule has 0 aliphatic carbocycles. The number of hydrogen-bond acceptors (Lipinski definition) is 7. The summed E-state index contributed by atoms with van der Waals surface area (Å²) >= 11 is 6.16. The predicted molar refractivity (Wildman–Crippen MR) is 261 cm³/mol. The van der Waals surface area contributed by atoms with E-state index >= 15 is 0 Å². The number of urea groups is 1. The molecule has 2 heterocycles. The lowest BCUT2D eigenvalue weighted by molar-refractivity contribution is -0.128. The molecular weight excluding hydrogens is 876 g/mol. The quantitative estimate of drug-likeness (QED) is 0.107. The summed E-state index contributed by atoms with van der Waals surface area (Å²) in [7, 11) is 0. The number of nitrogens with two attached hydrogens (primary N) is 1. The van der Waals surface area contributed by atoms with Crippen LogP contribution in [0.15, 0.2) is 170 Å². The van der Waals surface area contributed by atoms with Crippen LogP contribution in [0.4, 0.5) is 4.79 Å². The van der Waals surface area contributed by atoms with Gasteiger partial charge in [-0.15, -0.1) is 0 Å². The fourth-order valence-corrected chi connectivity index (χ4v) is 8.79. The minimum absolute atomic E-state index is 0.0716. The molecule has 4 unspecified atom stereocenters. The smallest absolute Gasteiger partial charge is 0.315 e. The first-order valence-electron chi connectivity index (χ1n) is 22.5. The zero-order valence-electron chi connectivity index (χ0n) is 37.6. The van der Waals surface area contributed by atoms with Crippen molar-refractivity contribution in [3.63, 3.8) is 0 Å². The van der Waals surface area contributed by atoms with Crippen molar-refractivity contribution in [1.29, 1.82) is 5.26 Å². The summed E-state index contributed by atoms with van der Waals surface area (Å²) in [6.45, 7) is 3.91. The molecule has 6 aromatic rings. The first kappa shape index (κ1) is 48.2. The Labute approximate surface area is 401 Å². The molecule has 6 aromatic carbocycles. The second-order valence-electron chi connectivity index (χ2n) is 16.6. The fraction of sp³-hybridized carbons (Fsp3) is 0.222. The molecular formula is C54H53ClN8O5. The normalized spacial score (nSPS) is 17.1. The van der Waals surface area contributed by atoms with Gasteiger partial charge in [-0.2, -0.15) is 5.26 Å². The Kier molecular flexibility index (Phi) is 16.4. The van der Waals surface area contributed by atoms with Gasteiger partial charge in [0.05, 0.1) is 30.3 Å². The lowest BCUT2D eigenvalue weighted by atomic mass is 9.91. The van der Waals surface area contributed by atoms with Crippen LogP contribution >= 0.6 is 11.6 Å². The minimum Gasteiger partial charge on any atom is -0.354 e. The van der Waals surface area contributed by atoms with Gasteiger partial charge in [-0.25, -0.2) is 4.79 Å². The molecule has 0 saturated carbocycles. The van der Waals surface area contributed by atoms with Crippen molar-refractivity contribution in [3.05, 3.63) is 214 Å². The van der Waals surface area contributed by atoms with Crippen LogP contribution in [-0.2, 0) is 9.59 Å². The SMILES string of the molecule is CC(CNC(=O)C1NCCN(C(N)=O)C1c1ccccc1C#N)c1ccccc1.O=C(NC(c1ccccc1)c1ccccc1)C1CN(C(=O)c2ccccc2)CCN1C(=O)c1cccc(Cl)c1. The molecule has 14 heteroatoms. The number of primary amides is 1. The Balaban J connectivity index is 0.000000211. The number of carbonyl (C=O) groups excluding carboxylic acids is 5. The third-order valence-corrected chi connectivity index (χ3v) is 12.4. The first-order valence-corrected chi connectivity index (χ1v) is 22.8. The highest BCUT2D eigenvalue weighted by molar-refractivity contribution is 6.31. The molecule has 2 saturated heterocycles. The maximum Gasteiger partial charge on any atom is 0.315 e. The van der Waals surface area contributed by atoms with Crippen LogP contribution in [0, 0.1) is 11.3 Å². The van der Waals surface area contributed by atoms with Crippen molar-refractivity contribution in [2.75, 3.05) is 39.3 Å². The Morgan fingerprint density at radius 3 is 1.87 bits per heavy atom. The van der Waals surface area contributed by atoms with E-state index in [0.717, 1.165) is 16.7 Å². The summed E-state index contributed by atoms with van der Waals surface area (Å²) in [5, 5.41) is 19.3. The number of rotatable bonds is 11. The average Bonchev–Trinajstić information content (AvgIpc) is 3.39. The van der Waals surface area contributed by atoms with Gasteiger partial charge >= 0.3 is 6.03 Å². The van der Waals surface area contributed by atoms with E-state index < -0.39 is 30.2 Å². The van der Waals surface area contributed by atoms with Crippen LogP contribution in [0.3, 0.4) is 0 Å². The van der Waals surface area contributed by atoms with Crippen LogP contribution < -0.4 is 21.7 Å². The molecule has 0 radical (unpaired) electrons. The molecule has 68 heavy (non-hydrogen) atoms. The van der Waals surface area contributed by atoms with E-state index in [9.17, 15) is 29.2 Å². The highest BCUT2D eigenvalue weighted by Gasteiger charge is 2.41. The Hall–Kier alpha value is -7.79. The van der Waals surface area contributed by atoms with Crippen LogP contribution in [0.5, 0.6) is 0 Å². The molecule has 2 fully saturated rings. The van der Waals surface area contributed by atoms with Crippen molar-refractivity contribution >= 4 is 41.3 Å². The average molecular weight is 930 g/mol. The van der Waals surface area contributed by atoms with E-state index in [4.69, 9.17) is 17.3 Å². The summed E-state index contributed by atoms with van der Waals surface area (Å²) in [6.07, 6.45) is 0. The van der Waals surface area contributed by atoms with Crippen molar-refractivity contribution in [1.82, 2.24) is 30.7 Å². The molecule has 0 spiro atoms. The van der Waals surface area contributed by atoms with E-state index in [1.54, 1.807) is 82.6 Å². The number of halogens is 1. The van der Waals surface area contributed by atoms with E-state index in [0.29, 0.717) is 53.5 Å². The van der Waals surface area contributed by atoms with Crippen molar-refractivity contribution in [2.45, 2.75) is 37.0 Å². The Bertz CT molecular complexity index is 2680. The van der Waals surface area contributed by atoms with E-state index in [1.807, 2.05) is 104 Å². The van der Waals surface area contributed by atoms with E-state index in [-0.39, 0.29) is 42.6 Å². The number of carbonyl (C=O) groups is 5. The zero-order valence-corrected chi connectivity index (χ0v) is 38.3. The molecule has 5 N–H and O–H groups in total. The molecule has 0 bridgehead atoms. The predicted octanol–water partition coefficient (Wildman–Crippen LogP) is 7.08. The van der Waals surface area contributed by atoms with Gasteiger partial charge in [0.1, 0.15) is 12.1 Å². The second-order valence-corrected chi connectivity index (χ2v) is 17.0. The van der Waals surface area contributed by atoms with Crippen molar-refractivity contribution in [3.8, 4) is 6.07 Å². The van der Waals surface area contributed by atoms with Gasteiger partial charge in [0.25, 0.3) is 11.8 Å². The van der Waals surface area contributed by atoms with Crippen molar-refractivity contribution < 1.29 is 24.0 Å². The molecule has 2 aliphatic heterocycles. The van der Waals surface area contributed by atoms with E-state index in [1.165, 1.54) is 4.90 Å². The molecule has 8 rings (SSSR count). The molecule has 346 valence electrons. The van der Waals surface area contributed by atoms with Crippen molar-refractivity contribution in [2.24, 2.45) is 5.73 Å². The first-order chi connectivity index (χ1) is 33.0. The number of hydrogen-bond donors (Lipinski definition) is 4. The van der Waals surface area contributed by atoms with Gasteiger partial charge < -0.3 is 36.4 Å². The molecule has 13 nitrogen and oxygen atoms in total. The molecule has 0 aromatic heterocycles. The third-order valence-electron chi connectivity index (χ3n) is 12.2. The molecule has 6 amide bonds. The minimum atomic E-state index is -0.896. The number of nitrogens with zero attached hydrogens (tertiary/aromatic N) is 4. The number of amides is 6.